The number of likely N-dealkylation sites (N-methyl/N-ethyl adjacent to an activating group) is 1. The first-order valence-corrected chi connectivity index (χ1v) is 6.61. The Morgan fingerprint density at radius 3 is 2.88 bits per heavy atom. The van der Waals surface area contributed by atoms with E-state index in [2.05, 4.69) is 43.5 Å². The number of nitrogens with zero attached hydrogens (tertiary/aromatic N) is 2. The molecule has 2 N–H and O–H groups in total. The van der Waals surface area contributed by atoms with Crippen molar-refractivity contribution in [3.8, 4) is 0 Å². The van der Waals surface area contributed by atoms with E-state index in [0.29, 0.717) is 6.04 Å². The number of aromatic nitrogens is 1. The SMILES string of the molecule is Cc1cc2c(n1C(C)CN(C)C)CCCC2N. The van der Waals surface area contributed by atoms with Gasteiger partial charge in [-0.2, -0.15) is 0 Å². The molecule has 1 aliphatic carbocycles. The van der Waals surface area contributed by atoms with Gasteiger partial charge in [0.2, 0.25) is 0 Å². The molecule has 1 aromatic rings. The molecule has 0 saturated heterocycles. The second-order valence-electron chi connectivity index (χ2n) is 5.67. The van der Waals surface area contributed by atoms with Crippen molar-refractivity contribution in [1.82, 2.24) is 9.47 Å². The van der Waals surface area contributed by atoms with E-state index in [-0.39, 0.29) is 6.04 Å². The third-order valence-corrected chi connectivity index (χ3v) is 3.77. The molecule has 2 unspecified atom stereocenters. The molecule has 0 aliphatic heterocycles. The molecule has 1 aliphatic rings. The molecule has 1 aromatic heterocycles. The van der Waals surface area contributed by atoms with Crippen LogP contribution >= 0.6 is 0 Å². The van der Waals surface area contributed by atoms with Crippen LogP contribution in [0.15, 0.2) is 6.07 Å². The standard InChI is InChI=1S/C14H25N3/c1-10-8-12-13(15)6-5-7-14(12)17(10)11(2)9-16(3)4/h8,11,13H,5-7,9,15H2,1-4H3. The van der Waals surface area contributed by atoms with Crippen LogP contribution < -0.4 is 5.73 Å². The van der Waals surface area contributed by atoms with Gasteiger partial charge in [0.05, 0.1) is 0 Å². The summed E-state index contributed by atoms with van der Waals surface area (Å²) < 4.78 is 2.49. The lowest BCUT2D eigenvalue weighted by Crippen LogP contribution is -2.26. The third kappa shape index (κ3) is 2.40. The van der Waals surface area contributed by atoms with Gasteiger partial charge in [-0.25, -0.2) is 0 Å². The van der Waals surface area contributed by atoms with Crippen molar-refractivity contribution in [2.75, 3.05) is 20.6 Å². The van der Waals surface area contributed by atoms with Gasteiger partial charge in [0.15, 0.2) is 0 Å². The molecule has 1 heterocycles. The quantitative estimate of drug-likeness (QED) is 0.872. The van der Waals surface area contributed by atoms with Crippen LogP contribution in [-0.2, 0) is 6.42 Å². The van der Waals surface area contributed by atoms with Crippen molar-refractivity contribution < 1.29 is 0 Å². The van der Waals surface area contributed by atoms with Crippen LogP contribution in [0.3, 0.4) is 0 Å². The summed E-state index contributed by atoms with van der Waals surface area (Å²) in [5.74, 6) is 0. The normalized spacial score (nSPS) is 21.6. The summed E-state index contributed by atoms with van der Waals surface area (Å²) >= 11 is 0. The van der Waals surface area contributed by atoms with Gasteiger partial charge in [-0.15, -0.1) is 0 Å². The van der Waals surface area contributed by atoms with Crippen molar-refractivity contribution in [3.05, 3.63) is 23.0 Å². The second kappa shape index (κ2) is 4.83. The van der Waals surface area contributed by atoms with Crippen LogP contribution in [0.25, 0.3) is 0 Å². The van der Waals surface area contributed by atoms with Crippen LogP contribution in [0.4, 0.5) is 0 Å². The average molecular weight is 235 g/mol. The largest absolute Gasteiger partial charge is 0.345 e. The Hall–Kier alpha value is -0.800. The molecule has 3 heteroatoms. The van der Waals surface area contributed by atoms with Crippen LogP contribution in [0, 0.1) is 6.92 Å². The van der Waals surface area contributed by atoms with E-state index in [1.807, 2.05) is 0 Å². The maximum Gasteiger partial charge on any atom is 0.0434 e. The van der Waals surface area contributed by atoms with E-state index >= 15 is 0 Å². The van der Waals surface area contributed by atoms with E-state index in [1.54, 1.807) is 0 Å². The van der Waals surface area contributed by atoms with Crippen LogP contribution in [-0.4, -0.2) is 30.1 Å². The maximum atomic E-state index is 6.21. The molecule has 0 saturated carbocycles. The van der Waals surface area contributed by atoms with Crippen molar-refractivity contribution in [1.29, 1.82) is 0 Å². The highest BCUT2D eigenvalue weighted by Crippen LogP contribution is 2.32. The number of rotatable bonds is 3. The van der Waals surface area contributed by atoms with Gasteiger partial charge in [0, 0.05) is 30.0 Å². The van der Waals surface area contributed by atoms with Gasteiger partial charge in [0.25, 0.3) is 0 Å². The Balaban J connectivity index is 2.34. The van der Waals surface area contributed by atoms with Crippen LogP contribution in [0.2, 0.25) is 0 Å². The van der Waals surface area contributed by atoms with Crippen LogP contribution in [0.1, 0.15) is 48.8 Å². The Kier molecular flexibility index (Phi) is 3.59. The van der Waals surface area contributed by atoms with E-state index in [4.69, 9.17) is 5.73 Å². The minimum atomic E-state index is 0.255. The molecule has 0 amide bonds. The van der Waals surface area contributed by atoms with Gasteiger partial charge in [0.1, 0.15) is 0 Å². The number of nitrogens with two attached hydrogens (primary N) is 1. The first kappa shape index (κ1) is 12.7. The summed E-state index contributed by atoms with van der Waals surface area (Å²) in [6.07, 6.45) is 3.56. The topological polar surface area (TPSA) is 34.2 Å². The fraction of sp³-hybridized carbons (Fsp3) is 0.714. The predicted molar refractivity (Wildman–Crippen MR) is 72.3 cm³/mol. The summed E-state index contributed by atoms with van der Waals surface area (Å²) in [4.78, 5) is 2.25. The molecule has 0 fully saturated rings. The molecule has 3 nitrogen and oxygen atoms in total. The zero-order chi connectivity index (χ0) is 12.6. The number of aryl methyl sites for hydroxylation is 1. The zero-order valence-corrected chi connectivity index (χ0v) is 11.5. The maximum absolute atomic E-state index is 6.21. The van der Waals surface area contributed by atoms with Crippen LogP contribution in [0.5, 0.6) is 0 Å². The first-order chi connectivity index (χ1) is 8.00. The lowest BCUT2D eigenvalue weighted by molar-refractivity contribution is 0.328. The fourth-order valence-electron chi connectivity index (χ4n) is 3.18. The second-order valence-corrected chi connectivity index (χ2v) is 5.67. The summed E-state index contributed by atoms with van der Waals surface area (Å²) in [6, 6.07) is 3.08. The number of hydrogen-bond donors (Lipinski definition) is 1. The molecule has 17 heavy (non-hydrogen) atoms. The Labute approximate surface area is 105 Å². The van der Waals surface area contributed by atoms with Crippen molar-refractivity contribution in [3.63, 3.8) is 0 Å². The zero-order valence-electron chi connectivity index (χ0n) is 11.5. The molecule has 2 atom stereocenters. The fourth-order valence-corrected chi connectivity index (χ4v) is 3.18. The Morgan fingerprint density at radius 1 is 1.53 bits per heavy atom. The van der Waals surface area contributed by atoms with Gasteiger partial charge in [-0.05, 0) is 58.8 Å². The van der Waals surface area contributed by atoms with Crippen molar-refractivity contribution in [2.24, 2.45) is 5.73 Å². The highest BCUT2D eigenvalue weighted by molar-refractivity contribution is 5.33. The van der Waals surface area contributed by atoms with Gasteiger partial charge < -0.3 is 15.2 Å². The molecule has 0 spiro atoms. The molecule has 2 rings (SSSR count). The minimum Gasteiger partial charge on any atom is -0.345 e. The van der Waals surface area contributed by atoms with Gasteiger partial charge in [-0.1, -0.05) is 0 Å². The predicted octanol–water partition coefficient (Wildman–Crippen LogP) is 2.26. The van der Waals surface area contributed by atoms with Crippen molar-refractivity contribution >= 4 is 0 Å². The Morgan fingerprint density at radius 2 is 2.24 bits per heavy atom. The monoisotopic (exact) mass is 235 g/mol. The highest BCUT2D eigenvalue weighted by atomic mass is 15.1. The molecule has 0 bridgehead atoms. The highest BCUT2D eigenvalue weighted by Gasteiger charge is 2.24. The number of hydrogen-bond acceptors (Lipinski definition) is 2. The lowest BCUT2D eigenvalue weighted by Gasteiger charge is -2.26. The molecule has 0 aromatic carbocycles. The summed E-state index contributed by atoms with van der Waals surface area (Å²) in [7, 11) is 4.26. The molecular weight excluding hydrogens is 210 g/mol. The Bertz CT molecular complexity index is 392. The molecule has 0 radical (unpaired) electrons. The molecular formula is C14H25N3. The van der Waals surface area contributed by atoms with E-state index in [1.165, 1.54) is 29.8 Å². The van der Waals surface area contributed by atoms with Gasteiger partial charge >= 0.3 is 0 Å². The summed E-state index contributed by atoms with van der Waals surface area (Å²) in [5.41, 5.74) is 10.4. The van der Waals surface area contributed by atoms with E-state index < -0.39 is 0 Å². The third-order valence-electron chi connectivity index (χ3n) is 3.77. The average Bonchev–Trinajstić information content (AvgIpc) is 2.55. The first-order valence-electron chi connectivity index (χ1n) is 6.61. The van der Waals surface area contributed by atoms with Crippen molar-refractivity contribution in [2.45, 2.75) is 45.2 Å². The smallest absolute Gasteiger partial charge is 0.0434 e. The summed E-state index contributed by atoms with van der Waals surface area (Å²) in [5, 5.41) is 0. The minimum absolute atomic E-state index is 0.255. The van der Waals surface area contributed by atoms with E-state index in [9.17, 15) is 0 Å². The van der Waals surface area contributed by atoms with Gasteiger partial charge in [-0.3, -0.25) is 0 Å². The molecule has 96 valence electrons. The van der Waals surface area contributed by atoms with E-state index in [0.717, 1.165) is 13.0 Å². The number of fused-ring (bicyclic) bond motifs is 1. The lowest BCUT2D eigenvalue weighted by atomic mass is 9.93. The summed E-state index contributed by atoms with van der Waals surface area (Å²) in [6.45, 7) is 5.59.